The normalized spacial score (nSPS) is 17.8. The fourth-order valence-corrected chi connectivity index (χ4v) is 2.26. The number of halogens is 2. The Labute approximate surface area is 135 Å². The van der Waals surface area contributed by atoms with Crippen molar-refractivity contribution in [3.05, 3.63) is 0 Å². The third kappa shape index (κ3) is 8.27. The molecule has 1 rings (SSSR count). The molecule has 5 nitrogen and oxygen atoms in total. The van der Waals surface area contributed by atoms with Gasteiger partial charge < -0.3 is 19.9 Å². The van der Waals surface area contributed by atoms with Gasteiger partial charge in [-0.2, -0.15) is 0 Å². The minimum atomic E-state index is 0. The maximum absolute atomic E-state index is 11.9. The minimum Gasteiger partial charge on any atom is -0.383 e. The molecule has 1 saturated heterocycles. The van der Waals surface area contributed by atoms with Crippen LogP contribution < -0.4 is 5.32 Å². The van der Waals surface area contributed by atoms with Crippen LogP contribution in [-0.4, -0.2) is 75.7 Å². The van der Waals surface area contributed by atoms with E-state index in [2.05, 4.69) is 24.2 Å². The van der Waals surface area contributed by atoms with Crippen LogP contribution in [-0.2, 0) is 9.53 Å². The lowest BCUT2D eigenvalue weighted by molar-refractivity contribution is -0.129. The quantitative estimate of drug-likeness (QED) is 0.671. The zero-order valence-corrected chi connectivity index (χ0v) is 14.4. The monoisotopic (exact) mass is 329 g/mol. The fourth-order valence-electron chi connectivity index (χ4n) is 2.26. The second-order valence-corrected chi connectivity index (χ2v) is 5.02. The largest absolute Gasteiger partial charge is 0.383 e. The lowest BCUT2D eigenvalue weighted by atomic mass is 10.1. The minimum absolute atomic E-state index is 0. The van der Waals surface area contributed by atoms with Gasteiger partial charge in [0.2, 0.25) is 5.91 Å². The smallest absolute Gasteiger partial charge is 0.236 e. The third-order valence-corrected chi connectivity index (χ3v) is 3.51. The SMILES string of the molecule is CCN(C)CC1CCN(C(=O)CNCCOC)C1.Cl.Cl. The summed E-state index contributed by atoms with van der Waals surface area (Å²) in [6.45, 7) is 7.97. The van der Waals surface area contributed by atoms with Crippen molar-refractivity contribution in [2.75, 3.05) is 60.0 Å². The van der Waals surface area contributed by atoms with Gasteiger partial charge in [-0.05, 0) is 25.9 Å². The molecule has 0 aromatic carbocycles. The van der Waals surface area contributed by atoms with E-state index >= 15 is 0 Å². The van der Waals surface area contributed by atoms with Gasteiger partial charge in [-0.15, -0.1) is 24.8 Å². The molecular formula is C13H29Cl2N3O2. The van der Waals surface area contributed by atoms with Gasteiger partial charge in [0.25, 0.3) is 0 Å². The molecule has 1 aliphatic rings. The van der Waals surface area contributed by atoms with Crippen molar-refractivity contribution >= 4 is 30.7 Å². The van der Waals surface area contributed by atoms with Crippen LogP contribution in [0.15, 0.2) is 0 Å². The van der Waals surface area contributed by atoms with E-state index < -0.39 is 0 Å². The van der Waals surface area contributed by atoms with Crippen LogP contribution in [0.25, 0.3) is 0 Å². The lowest BCUT2D eigenvalue weighted by Gasteiger charge is -2.20. The highest BCUT2D eigenvalue weighted by atomic mass is 35.5. The highest BCUT2D eigenvalue weighted by Crippen LogP contribution is 2.16. The Kier molecular flexibility index (Phi) is 14.1. The first kappa shape index (κ1) is 22.2. The van der Waals surface area contributed by atoms with E-state index in [0.29, 0.717) is 19.1 Å². The summed E-state index contributed by atoms with van der Waals surface area (Å²) in [6.07, 6.45) is 1.13. The molecule has 1 unspecified atom stereocenters. The molecule has 1 N–H and O–H groups in total. The van der Waals surface area contributed by atoms with E-state index in [1.54, 1.807) is 7.11 Å². The topological polar surface area (TPSA) is 44.8 Å². The molecular weight excluding hydrogens is 301 g/mol. The number of carbonyl (C=O) groups excluding carboxylic acids is 1. The number of likely N-dealkylation sites (tertiary alicyclic amines) is 1. The van der Waals surface area contributed by atoms with E-state index in [1.807, 2.05) is 4.90 Å². The molecule has 20 heavy (non-hydrogen) atoms. The second kappa shape index (κ2) is 12.7. The van der Waals surface area contributed by atoms with Crippen molar-refractivity contribution in [3.63, 3.8) is 0 Å². The summed E-state index contributed by atoms with van der Waals surface area (Å²) in [5.41, 5.74) is 0. The van der Waals surface area contributed by atoms with E-state index in [1.165, 1.54) is 0 Å². The molecule has 0 aromatic rings. The molecule has 0 spiro atoms. The lowest BCUT2D eigenvalue weighted by Crippen LogP contribution is -2.38. The van der Waals surface area contributed by atoms with Gasteiger partial charge in [-0.1, -0.05) is 6.92 Å². The number of hydrogen-bond acceptors (Lipinski definition) is 4. The number of hydrogen-bond donors (Lipinski definition) is 1. The number of carbonyl (C=O) groups is 1. The van der Waals surface area contributed by atoms with Gasteiger partial charge in [-0.3, -0.25) is 4.79 Å². The number of nitrogens with zero attached hydrogens (tertiary/aromatic N) is 2. The van der Waals surface area contributed by atoms with Crippen LogP contribution in [0.3, 0.4) is 0 Å². The van der Waals surface area contributed by atoms with Crippen LogP contribution in [0.2, 0.25) is 0 Å². The molecule has 7 heteroatoms. The van der Waals surface area contributed by atoms with E-state index in [4.69, 9.17) is 4.74 Å². The molecule has 0 saturated carbocycles. The predicted octanol–water partition coefficient (Wildman–Crippen LogP) is 0.866. The van der Waals surface area contributed by atoms with Crippen molar-refractivity contribution in [2.24, 2.45) is 5.92 Å². The molecule has 1 atom stereocenters. The van der Waals surface area contributed by atoms with Crippen LogP contribution in [0.1, 0.15) is 13.3 Å². The zero-order chi connectivity index (χ0) is 13.4. The number of ether oxygens (including phenoxy) is 1. The zero-order valence-electron chi connectivity index (χ0n) is 12.8. The number of amides is 1. The predicted molar refractivity (Wildman–Crippen MR) is 87.1 cm³/mol. The number of nitrogens with one attached hydrogen (secondary N) is 1. The van der Waals surface area contributed by atoms with E-state index in [-0.39, 0.29) is 30.7 Å². The van der Waals surface area contributed by atoms with Gasteiger partial charge in [0.05, 0.1) is 13.2 Å². The Balaban J connectivity index is 0. The van der Waals surface area contributed by atoms with Gasteiger partial charge in [0.15, 0.2) is 0 Å². The average Bonchev–Trinajstić information content (AvgIpc) is 2.82. The summed E-state index contributed by atoms with van der Waals surface area (Å²) >= 11 is 0. The van der Waals surface area contributed by atoms with Gasteiger partial charge in [0, 0.05) is 33.3 Å². The molecule has 1 aliphatic heterocycles. The Morgan fingerprint density at radius 2 is 2.15 bits per heavy atom. The van der Waals surface area contributed by atoms with Crippen LogP contribution in [0.4, 0.5) is 0 Å². The molecule has 1 amide bonds. The maximum Gasteiger partial charge on any atom is 0.236 e. The Hall–Kier alpha value is -0.0700. The fraction of sp³-hybridized carbons (Fsp3) is 0.923. The van der Waals surface area contributed by atoms with Crippen LogP contribution in [0, 0.1) is 5.92 Å². The molecule has 0 aliphatic carbocycles. The first-order valence-corrected chi connectivity index (χ1v) is 6.83. The van der Waals surface area contributed by atoms with Crippen molar-refractivity contribution in [2.45, 2.75) is 13.3 Å². The Morgan fingerprint density at radius 3 is 2.75 bits per heavy atom. The first-order valence-electron chi connectivity index (χ1n) is 6.83. The van der Waals surface area contributed by atoms with E-state index in [0.717, 1.165) is 39.1 Å². The van der Waals surface area contributed by atoms with Crippen LogP contribution in [0.5, 0.6) is 0 Å². The third-order valence-electron chi connectivity index (χ3n) is 3.51. The summed E-state index contributed by atoms with van der Waals surface area (Å²) in [7, 11) is 3.80. The van der Waals surface area contributed by atoms with Crippen molar-refractivity contribution in [1.82, 2.24) is 15.1 Å². The summed E-state index contributed by atoms with van der Waals surface area (Å²) in [4.78, 5) is 16.2. The molecule has 0 radical (unpaired) electrons. The highest BCUT2D eigenvalue weighted by Gasteiger charge is 2.26. The van der Waals surface area contributed by atoms with Crippen molar-refractivity contribution < 1.29 is 9.53 Å². The first-order chi connectivity index (χ1) is 8.67. The Bertz CT molecular complexity index is 258. The average molecular weight is 330 g/mol. The van der Waals surface area contributed by atoms with E-state index in [9.17, 15) is 4.79 Å². The second-order valence-electron chi connectivity index (χ2n) is 5.02. The molecule has 1 fully saturated rings. The van der Waals surface area contributed by atoms with Gasteiger partial charge >= 0.3 is 0 Å². The van der Waals surface area contributed by atoms with Crippen molar-refractivity contribution in [1.29, 1.82) is 0 Å². The summed E-state index contributed by atoms with van der Waals surface area (Å²) in [5.74, 6) is 0.852. The van der Waals surface area contributed by atoms with Crippen LogP contribution >= 0.6 is 24.8 Å². The van der Waals surface area contributed by atoms with Crippen molar-refractivity contribution in [3.8, 4) is 0 Å². The standard InChI is InChI=1S/C13H27N3O2.2ClH/c1-4-15(2)10-12-5-7-16(11-12)13(17)9-14-6-8-18-3;;/h12,14H,4-11H2,1-3H3;2*1H. The number of methoxy groups -OCH3 is 1. The molecule has 1 heterocycles. The summed E-state index contributed by atoms with van der Waals surface area (Å²) < 4.78 is 4.93. The summed E-state index contributed by atoms with van der Waals surface area (Å²) in [6, 6.07) is 0. The molecule has 0 bridgehead atoms. The molecule has 0 aromatic heterocycles. The highest BCUT2D eigenvalue weighted by molar-refractivity contribution is 5.85. The molecule has 122 valence electrons. The summed E-state index contributed by atoms with van der Waals surface area (Å²) in [5, 5.41) is 3.10. The number of rotatable bonds is 8. The van der Waals surface area contributed by atoms with Gasteiger partial charge in [-0.25, -0.2) is 0 Å². The van der Waals surface area contributed by atoms with Gasteiger partial charge in [0.1, 0.15) is 0 Å². The maximum atomic E-state index is 11.9. The Morgan fingerprint density at radius 1 is 1.45 bits per heavy atom.